The third-order valence-corrected chi connectivity index (χ3v) is 6.86. The second-order valence-corrected chi connectivity index (χ2v) is 10.3. The average Bonchev–Trinajstić information content (AvgIpc) is 3.13. The van der Waals surface area contributed by atoms with E-state index in [9.17, 15) is 0 Å². The first-order valence-electron chi connectivity index (χ1n) is 16.5. The van der Waals surface area contributed by atoms with Gasteiger partial charge in [-0.3, -0.25) is 9.97 Å². The molecule has 0 bridgehead atoms. The van der Waals surface area contributed by atoms with Gasteiger partial charge in [0, 0.05) is 76.4 Å². The molecule has 0 aliphatic rings. The van der Waals surface area contributed by atoms with E-state index < -0.39 is 12.6 Å². The molecule has 3 heterocycles. The summed E-state index contributed by atoms with van der Waals surface area (Å²) in [6, 6.07) is 23.1. The summed E-state index contributed by atoms with van der Waals surface area (Å²) in [6.45, 7) is 10.8. The number of hydrazone groups is 2. The molecule has 48 heavy (non-hydrogen) atoms. The molecule has 0 saturated heterocycles. The number of pyridine rings is 2. The molecule has 0 unspecified atom stereocenters. The first kappa shape index (κ1) is 36.2. The Morgan fingerprint density at radius 1 is 0.604 bits per heavy atom. The van der Waals surface area contributed by atoms with Crippen molar-refractivity contribution in [3.8, 4) is 11.4 Å². The monoisotopic (exact) mass is 654 g/mol. The molecule has 0 aliphatic heterocycles. The molecular formula is C36H46N8O4. The van der Waals surface area contributed by atoms with Crippen LogP contribution in [0.5, 0.6) is 0 Å². The number of hydrogen-bond acceptors (Lipinski definition) is 12. The van der Waals surface area contributed by atoms with Gasteiger partial charge in [-0.2, -0.15) is 10.2 Å². The lowest BCUT2D eigenvalue weighted by Gasteiger charge is -2.25. The number of anilines is 2. The first-order chi connectivity index (χ1) is 23.6. The van der Waals surface area contributed by atoms with Gasteiger partial charge in [0.1, 0.15) is 0 Å². The van der Waals surface area contributed by atoms with Crippen LogP contribution < -0.4 is 10.0 Å². The maximum Gasteiger partial charge on any atom is 0.164 e. The van der Waals surface area contributed by atoms with Gasteiger partial charge < -0.3 is 18.9 Å². The predicted molar refractivity (Wildman–Crippen MR) is 189 cm³/mol. The van der Waals surface area contributed by atoms with Gasteiger partial charge in [0.25, 0.3) is 0 Å². The Bertz CT molecular complexity index is 1410. The zero-order chi connectivity index (χ0) is 33.8. The first-order valence-corrected chi connectivity index (χ1v) is 16.5. The van der Waals surface area contributed by atoms with Crippen molar-refractivity contribution >= 4 is 24.1 Å². The van der Waals surface area contributed by atoms with Crippen LogP contribution in [0, 0.1) is 0 Å². The van der Waals surface area contributed by atoms with Gasteiger partial charge in [0.2, 0.25) is 0 Å². The Balaban J connectivity index is 1.79. The smallest absolute Gasteiger partial charge is 0.164 e. The minimum atomic E-state index is -0.393. The minimum Gasteiger partial charge on any atom is -0.353 e. The summed E-state index contributed by atoms with van der Waals surface area (Å²) in [7, 11) is 0. The number of rotatable bonds is 21. The number of benzene rings is 1. The van der Waals surface area contributed by atoms with Gasteiger partial charge >= 0.3 is 0 Å². The molecule has 0 radical (unpaired) electrons. The lowest BCUT2D eigenvalue weighted by atomic mass is 10.2. The van der Waals surface area contributed by atoms with Gasteiger partial charge in [-0.15, -0.1) is 0 Å². The third-order valence-electron chi connectivity index (χ3n) is 6.86. The minimum absolute atomic E-state index is 0.393. The molecule has 0 atom stereocenters. The summed E-state index contributed by atoms with van der Waals surface area (Å²) in [5, 5.41) is 13.3. The highest BCUT2D eigenvalue weighted by Gasteiger charge is 2.20. The van der Waals surface area contributed by atoms with Crippen LogP contribution in [0.25, 0.3) is 11.4 Å². The molecule has 254 valence electrons. The third kappa shape index (κ3) is 11.9. The van der Waals surface area contributed by atoms with Crippen molar-refractivity contribution in [3.63, 3.8) is 0 Å². The van der Waals surface area contributed by atoms with Crippen molar-refractivity contribution in [3.05, 3.63) is 96.6 Å². The lowest BCUT2D eigenvalue weighted by Crippen LogP contribution is -2.29. The second kappa shape index (κ2) is 20.6. The van der Waals surface area contributed by atoms with Crippen molar-refractivity contribution in [1.82, 2.24) is 19.9 Å². The van der Waals surface area contributed by atoms with Crippen molar-refractivity contribution in [2.75, 3.05) is 49.5 Å². The quantitative estimate of drug-likeness (QED) is 0.0584. The second-order valence-electron chi connectivity index (χ2n) is 10.3. The molecule has 0 saturated carbocycles. The fraction of sp³-hybridized carbons (Fsp3) is 0.389. The molecule has 0 amide bonds. The number of hydrogen-bond donors (Lipinski definition) is 0. The van der Waals surface area contributed by atoms with Crippen LogP contribution >= 0.6 is 0 Å². The van der Waals surface area contributed by atoms with Crippen molar-refractivity contribution in [2.45, 2.75) is 53.1 Å². The van der Waals surface area contributed by atoms with Crippen molar-refractivity contribution in [1.29, 1.82) is 0 Å². The molecule has 0 spiro atoms. The molecule has 12 heteroatoms. The van der Waals surface area contributed by atoms with Crippen LogP contribution in [-0.2, 0) is 18.9 Å². The van der Waals surface area contributed by atoms with Crippen LogP contribution in [-0.4, -0.2) is 84.5 Å². The fourth-order valence-electron chi connectivity index (χ4n) is 4.66. The zero-order valence-electron chi connectivity index (χ0n) is 28.3. The van der Waals surface area contributed by atoms with E-state index in [-0.39, 0.29) is 0 Å². The van der Waals surface area contributed by atoms with Crippen LogP contribution in [0.3, 0.4) is 0 Å². The summed E-state index contributed by atoms with van der Waals surface area (Å²) >= 11 is 0. The molecule has 12 nitrogen and oxygen atoms in total. The van der Waals surface area contributed by atoms with Gasteiger partial charge in [-0.05, 0) is 52.0 Å². The van der Waals surface area contributed by atoms with E-state index in [4.69, 9.17) is 39.1 Å². The van der Waals surface area contributed by atoms with Crippen molar-refractivity contribution < 1.29 is 18.9 Å². The van der Waals surface area contributed by atoms with Gasteiger partial charge in [-0.25, -0.2) is 20.0 Å². The fourth-order valence-corrected chi connectivity index (χ4v) is 4.66. The highest BCUT2D eigenvalue weighted by Crippen LogP contribution is 2.26. The largest absolute Gasteiger partial charge is 0.353 e. The summed E-state index contributed by atoms with van der Waals surface area (Å²) in [6.07, 6.45) is 7.21. The van der Waals surface area contributed by atoms with Gasteiger partial charge in [0.15, 0.2) is 30.0 Å². The predicted octanol–water partition coefficient (Wildman–Crippen LogP) is 6.19. The maximum absolute atomic E-state index is 5.85. The highest BCUT2D eigenvalue weighted by atomic mass is 16.7. The summed E-state index contributed by atoms with van der Waals surface area (Å²) in [4.78, 5) is 18.8. The van der Waals surface area contributed by atoms with Crippen LogP contribution in [0.15, 0.2) is 95.4 Å². The van der Waals surface area contributed by atoms with E-state index in [1.807, 2.05) is 111 Å². The summed E-state index contributed by atoms with van der Waals surface area (Å²) in [5.41, 5.74) is 2.28. The molecule has 0 fully saturated rings. The Morgan fingerprint density at radius 3 is 1.44 bits per heavy atom. The van der Waals surface area contributed by atoms with Crippen LogP contribution in [0.2, 0.25) is 0 Å². The number of nitrogens with zero attached hydrogens (tertiary/aromatic N) is 8. The standard InChI is InChI=1S/C36H46N8O4/c1-5-45-34(46-6-2)20-24-43(39-27-30-18-12-14-22-37-30)32-26-33(42-36(41-32)29-16-10-9-11-17-29)44(25-21-35(47-7-3)48-8-4)40-28-31-19-13-15-23-38-31/h9-19,22-23,26-28,34-35H,5-8,20-21,24-25H2,1-4H3/b39-27+,40-28+. The Morgan fingerprint density at radius 2 is 1.04 bits per heavy atom. The van der Waals surface area contributed by atoms with Crippen molar-refractivity contribution in [2.24, 2.45) is 10.2 Å². The van der Waals surface area contributed by atoms with Crippen LogP contribution in [0.4, 0.5) is 11.6 Å². The van der Waals surface area contributed by atoms with Crippen LogP contribution in [0.1, 0.15) is 51.9 Å². The Hall–Kier alpha value is -4.62. The zero-order valence-corrected chi connectivity index (χ0v) is 28.3. The molecule has 1 aromatic carbocycles. The molecule has 3 aromatic heterocycles. The van der Waals surface area contributed by atoms with E-state index >= 15 is 0 Å². The highest BCUT2D eigenvalue weighted by molar-refractivity contribution is 5.78. The van der Waals surface area contributed by atoms with E-state index in [0.29, 0.717) is 81.2 Å². The average molecular weight is 655 g/mol. The maximum atomic E-state index is 5.85. The van der Waals surface area contributed by atoms with E-state index in [0.717, 1.165) is 5.56 Å². The normalized spacial score (nSPS) is 11.7. The summed E-state index contributed by atoms with van der Waals surface area (Å²) < 4.78 is 23.4. The Labute approximate surface area is 283 Å². The SMILES string of the molecule is CCOC(CCN(/N=C/c1ccccn1)c1cc(N(CCC(OCC)OCC)/N=C/c2ccccn2)nc(-c2ccccc2)n1)OCC. The van der Waals surface area contributed by atoms with E-state index in [1.54, 1.807) is 24.8 Å². The Kier molecular flexibility index (Phi) is 15.5. The van der Waals surface area contributed by atoms with Gasteiger partial charge in [0.05, 0.1) is 23.8 Å². The number of aromatic nitrogens is 4. The number of ether oxygens (including phenoxy) is 4. The van der Waals surface area contributed by atoms with Gasteiger partial charge in [-0.1, -0.05) is 42.5 Å². The van der Waals surface area contributed by atoms with E-state index in [2.05, 4.69) is 9.97 Å². The topological polar surface area (TPSA) is 120 Å². The molecule has 4 aromatic rings. The molecular weight excluding hydrogens is 608 g/mol. The van der Waals surface area contributed by atoms with E-state index in [1.165, 1.54) is 0 Å². The molecule has 0 N–H and O–H groups in total. The lowest BCUT2D eigenvalue weighted by molar-refractivity contribution is -0.138. The summed E-state index contributed by atoms with van der Waals surface area (Å²) in [5.74, 6) is 1.67. The molecule has 0 aliphatic carbocycles. The molecule has 4 rings (SSSR count).